The lowest BCUT2D eigenvalue weighted by Crippen LogP contribution is -2.45. The van der Waals surface area contributed by atoms with Gasteiger partial charge in [0.1, 0.15) is 0 Å². The average molecular weight is 341 g/mol. The van der Waals surface area contributed by atoms with E-state index in [0.29, 0.717) is 12.4 Å². The molecule has 5 heteroatoms. The summed E-state index contributed by atoms with van der Waals surface area (Å²) in [5, 5.41) is 3.03. The number of amides is 1. The molecule has 0 bridgehead atoms. The zero-order chi connectivity index (χ0) is 17.9. The molecule has 1 aromatic carbocycles. The quantitative estimate of drug-likeness (QED) is 0.909. The molecule has 3 rings (SSSR count). The zero-order valence-corrected chi connectivity index (χ0v) is 15.3. The number of ether oxygens (including phenoxy) is 1. The smallest absolute Gasteiger partial charge is 0.287 e. The number of nitrogens with zero attached hydrogens (tertiary/aromatic N) is 2. The average Bonchev–Trinajstić information content (AvgIpc) is 3.01. The Hall–Kier alpha value is -2.14. The summed E-state index contributed by atoms with van der Waals surface area (Å²) >= 11 is 0. The van der Waals surface area contributed by atoms with Gasteiger partial charge in [-0.15, -0.1) is 0 Å². The van der Waals surface area contributed by atoms with E-state index < -0.39 is 0 Å². The van der Waals surface area contributed by atoms with E-state index in [2.05, 4.69) is 48.4 Å². The predicted octanol–water partition coefficient (Wildman–Crippen LogP) is 3.07. The molecule has 2 heterocycles. The minimum Gasteiger partial charge on any atom is -0.376 e. The van der Waals surface area contributed by atoms with Crippen LogP contribution in [0.25, 0.3) is 0 Å². The largest absolute Gasteiger partial charge is 0.376 e. The number of benzene rings is 1. The van der Waals surface area contributed by atoms with Gasteiger partial charge in [-0.25, -0.2) is 4.98 Å². The lowest BCUT2D eigenvalue weighted by atomic mass is 9.67. The topological polar surface area (TPSA) is 56.2 Å². The summed E-state index contributed by atoms with van der Waals surface area (Å²) in [6.07, 6.45) is 6.23. The monoisotopic (exact) mass is 341 g/mol. The van der Waals surface area contributed by atoms with Crippen molar-refractivity contribution < 1.29 is 9.53 Å². The van der Waals surface area contributed by atoms with Gasteiger partial charge in [0.25, 0.3) is 5.91 Å². The van der Waals surface area contributed by atoms with Crippen LogP contribution in [0.4, 0.5) is 0 Å². The van der Waals surface area contributed by atoms with Gasteiger partial charge < -0.3 is 14.6 Å². The Labute approximate surface area is 149 Å². The summed E-state index contributed by atoms with van der Waals surface area (Å²) in [5.41, 5.74) is 1.20. The van der Waals surface area contributed by atoms with E-state index in [-0.39, 0.29) is 16.9 Å². The second-order valence-electron chi connectivity index (χ2n) is 7.55. The molecule has 1 aliphatic heterocycles. The Bertz CT molecular complexity index is 724. The molecule has 1 amide bonds. The van der Waals surface area contributed by atoms with Crippen molar-refractivity contribution in [2.75, 3.05) is 13.2 Å². The maximum absolute atomic E-state index is 12.3. The summed E-state index contributed by atoms with van der Waals surface area (Å²) in [6.45, 7) is 5.67. The highest BCUT2D eigenvalue weighted by molar-refractivity contribution is 5.90. The van der Waals surface area contributed by atoms with Crippen molar-refractivity contribution in [3.8, 4) is 0 Å². The van der Waals surface area contributed by atoms with Gasteiger partial charge in [0.2, 0.25) is 0 Å². The fourth-order valence-corrected chi connectivity index (χ4v) is 3.95. The zero-order valence-electron chi connectivity index (χ0n) is 15.3. The number of carbonyl (C=O) groups is 1. The molecule has 25 heavy (non-hydrogen) atoms. The van der Waals surface area contributed by atoms with Crippen LogP contribution in [-0.2, 0) is 17.2 Å². The Balaban J connectivity index is 1.73. The number of imidazole rings is 1. The summed E-state index contributed by atoms with van der Waals surface area (Å²) in [7, 11) is 1.83. The van der Waals surface area contributed by atoms with Crippen LogP contribution in [0.2, 0.25) is 0 Å². The van der Waals surface area contributed by atoms with E-state index in [0.717, 1.165) is 25.9 Å². The number of aromatic nitrogens is 2. The van der Waals surface area contributed by atoms with Gasteiger partial charge in [-0.2, -0.15) is 0 Å². The number of rotatable bonds is 5. The molecule has 1 atom stereocenters. The van der Waals surface area contributed by atoms with Gasteiger partial charge in [0.15, 0.2) is 5.82 Å². The van der Waals surface area contributed by atoms with Crippen molar-refractivity contribution in [3.05, 3.63) is 54.1 Å². The van der Waals surface area contributed by atoms with Crippen LogP contribution in [0.3, 0.4) is 0 Å². The molecule has 0 spiro atoms. The Kier molecular flexibility index (Phi) is 4.95. The lowest BCUT2D eigenvalue weighted by molar-refractivity contribution is -0.0838. The normalized spacial score (nSPS) is 22.5. The SMILES string of the molecule is Cn1ccnc1C(=O)NCCC1(c2ccccc2)CCOC(C)(C)C1. The number of hydrogen-bond donors (Lipinski definition) is 1. The first-order valence-corrected chi connectivity index (χ1v) is 8.87. The summed E-state index contributed by atoms with van der Waals surface area (Å²) < 4.78 is 7.68. The van der Waals surface area contributed by atoms with Crippen molar-refractivity contribution in [1.82, 2.24) is 14.9 Å². The van der Waals surface area contributed by atoms with Crippen LogP contribution in [0.1, 0.15) is 49.3 Å². The molecule has 1 aromatic heterocycles. The highest BCUT2D eigenvalue weighted by atomic mass is 16.5. The van der Waals surface area contributed by atoms with E-state index in [1.807, 2.05) is 13.1 Å². The minimum atomic E-state index is -0.155. The van der Waals surface area contributed by atoms with E-state index in [4.69, 9.17) is 4.74 Å². The van der Waals surface area contributed by atoms with Crippen LogP contribution in [-0.4, -0.2) is 34.2 Å². The van der Waals surface area contributed by atoms with E-state index >= 15 is 0 Å². The fourth-order valence-electron chi connectivity index (χ4n) is 3.95. The van der Waals surface area contributed by atoms with E-state index in [1.165, 1.54) is 5.56 Å². The third-order valence-corrected chi connectivity index (χ3v) is 5.14. The summed E-state index contributed by atoms with van der Waals surface area (Å²) in [4.78, 5) is 16.4. The van der Waals surface area contributed by atoms with Crippen LogP contribution in [0.5, 0.6) is 0 Å². The molecule has 2 aromatic rings. The van der Waals surface area contributed by atoms with Gasteiger partial charge in [-0.05, 0) is 38.7 Å². The Morgan fingerprint density at radius 2 is 2.08 bits per heavy atom. The molecule has 0 saturated carbocycles. The lowest BCUT2D eigenvalue weighted by Gasteiger charge is -2.45. The standard InChI is InChI=1S/C20H27N3O2/c1-19(2)15-20(10-14-25-19,16-7-5-4-6-8-16)9-11-22-18(24)17-21-12-13-23(17)3/h4-8,12-13H,9-11,14-15H2,1-3H3,(H,22,24). The van der Waals surface area contributed by atoms with Crippen LogP contribution >= 0.6 is 0 Å². The molecular formula is C20H27N3O2. The molecule has 1 fully saturated rings. The van der Waals surface area contributed by atoms with Gasteiger partial charge in [0.05, 0.1) is 5.60 Å². The summed E-state index contributed by atoms with van der Waals surface area (Å²) in [5.74, 6) is 0.322. The van der Waals surface area contributed by atoms with Crippen molar-refractivity contribution in [2.24, 2.45) is 7.05 Å². The van der Waals surface area contributed by atoms with Gasteiger partial charge >= 0.3 is 0 Å². The molecule has 1 saturated heterocycles. The van der Waals surface area contributed by atoms with Crippen LogP contribution in [0, 0.1) is 0 Å². The number of nitrogens with one attached hydrogen (secondary N) is 1. The number of carbonyl (C=O) groups excluding carboxylic acids is 1. The predicted molar refractivity (Wildman–Crippen MR) is 97.5 cm³/mol. The van der Waals surface area contributed by atoms with Crippen molar-refractivity contribution in [2.45, 2.75) is 44.1 Å². The van der Waals surface area contributed by atoms with Gasteiger partial charge in [-0.3, -0.25) is 4.79 Å². The van der Waals surface area contributed by atoms with Crippen molar-refractivity contribution in [3.63, 3.8) is 0 Å². The maximum Gasteiger partial charge on any atom is 0.287 e. The van der Waals surface area contributed by atoms with Crippen LogP contribution in [0.15, 0.2) is 42.7 Å². The molecule has 1 unspecified atom stereocenters. The first-order chi connectivity index (χ1) is 11.9. The van der Waals surface area contributed by atoms with Gasteiger partial charge in [-0.1, -0.05) is 30.3 Å². The molecule has 0 radical (unpaired) electrons. The highest BCUT2D eigenvalue weighted by Crippen LogP contribution is 2.43. The Morgan fingerprint density at radius 3 is 2.72 bits per heavy atom. The number of aryl methyl sites for hydroxylation is 1. The minimum absolute atomic E-state index is 0.0257. The van der Waals surface area contributed by atoms with Crippen molar-refractivity contribution >= 4 is 5.91 Å². The van der Waals surface area contributed by atoms with E-state index in [1.54, 1.807) is 17.0 Å². The molecule has 134 valence electrons. The van der Waals surface area contributed by atoms with Crippen LogP contribution < -0.4 is 5.32 Å². The van der Waals surface area contributed by atoms with Crippen molar-refractivity contribution in [1.29, 1.82) is 0 Å². The first-order valence-electron chi connectivity index (χ1n) is 8.87. The second kappa shape index (κ2) is 7.00. The molecule has 1 N–H and O–H groups in total. The second-order valence-corrected chi connectivity index (χ2v) is 7.55. The maximum atomic E-state index is 12.3. The fraction of sp³-hybridized carbons (Fsp3) is 0.500. The molecule has 5 nitrogen and oxygen atoms in total. The highest BCUT2D eigenvalue weighted by Gasteiger charge is 2.41. The first kappa shape index (κ1) is 17.7. The number of hydrogen-bond acceptors (Lipinski definition) is 3. The third kappa shape index (κ3) is 3.93. The van der Waals surface area contributed by atoms with Gasteiger partial charge in [0, 0.05) is 38.0 Å². The third-order valence-electron chi connectivity index (χ3n) is 5.14. The molecule has 1 aliphatic rings. The molecule has 0 aliphatic carbocycles. The van der Waals surface area contributed by atoms with E-state index in [9.17, 15) is 4.79 Å². The summed E-state index contributed by atoms with van der Waals surface area (Å²) in [6, 6.07) is 10.6. The Morgan fingerprint density at radius 1 is 1.32 bits per heavy atom. The molecular weight excluding hydrogens is 314 g/mol.